The van der Waals surface area contributed by atoms with Gasteiger partial charge in [0.1, 0.15) is 11.5 Å². The lowest BCUT2D eigenvalue weighted by molar-refractivity contribution is 0.438. The summed E-state index contributed by atoms with van der Waals surface area (Å²) in [6.07, 6.45) is 2.63. The Hall–Kier alpha value is -1.91. The van der Waals surface area contributed by atoms with E-state index in [9.17, 15) is 4.39 Å². The van der Waals surface area contributed by atoms with Crippen LogP contribution in [0.15, 0.2) is 23.0 Å². The highest BCUT2D eigenvalue weighted by atomic mass is 19.1. The van der Waals surface area contributed by atoms with Crippen molar-refractivity contribution in [3.05, 3.63) is 29.8 Å². The maximum absolute atomic E-state index is 12.8. The molecule has 0 aliphatic rings. The van der Waals surface area contributed by atoms with Crippen LogP contribution in [0.4, 0.5) is 10.3 Å². The van der Waals surface area contributed by atoms with E-state index in [-0.39, 0.29) is 5.88 Å². The zero-order chi connectivity index (χ0) is 10.1. The number of nitrogens with zero attached hydrogens (tertiary/aromatic N) is 2. The molecule has 0 saturated carbocycles. The van der Waals surface area contributed by atoms with E-state index in [1.807, 2.05) is 0 Å². The first kappa shape index (κ1) is 8.68. The number of anilines is 1. The molecule has 0 spiro atoms. The second kappa shape index (κ2) is 3.10. The van der Waals surface area contributed by atoms with Crippen molar-refractivity contribution in [2.45, 2.75) is 6.92 Å². The van der Waals surface area contributed by atoms with Gasteiger partial charge in [-0.05, 0) is 13.0 Å². The van der Waals surface area contributed by atoms with Crippen molar-refractivity contribution in [3.8, 4) is 11.3 Å². The summed E-state index contributed by atoms with van der Waals surface area (Å²) in [7, 11) is 0. The fourth-order valence-corrected chi connectivity index (χ4v) is 1.16. The zero-order valence-electron chi connectivity index (χ0n) is 7.49. The molecule has 0 fully saturated rings. The molecule has 2 aromatic heterocycles. The second-order valence-corrected chi connectivity index (χ2v) is 2.91. The molecule has 2 rings (SSSR count). The van der Waals surface area contributed by atoms with Gasteiger partial charge in [-0.3, -0.25) is 4.98 Å². The van der Waals surface area contributed by atoms with Crippen molar-refractivity contribution in [3.63, 3.8) is 0 Å². The van der Waals surface area contributed by atoms with Crippen LogP contribution in [0.2, 0.25) is 0 Å². The van der Waals surface area contributed by atoms with Gasteiger partial charge in [-0.25, -0.2) is 4.39 Å². The number of halogens is 1. The minimum Gasteiger partial charge on any atom is -0.367 e. The van der Waals surface area contributed by atoms with Gasteiger partial charge in [0.25, 0.3) is 0 Å². The summed E-state index contributed by atoms with van der Waals surface area (Å²) in [5, 5.41) is 3.72. The summed E-state index contributed by atoms with van der Waals surface area (Å²) in [6.45, 7) is 1.76. The molecule has 0 atom stereocenters. The third kappa shape index (κ3) is 1.32. The first-order valence-corrected chi connectivity index (χ1v) is 4.01. The largest absolute Gasteiger partial charge is 0.367 e. The van der Waals surface area contributed by atoms with E-state index < -0.39 is 5.82 Å². The summed E-state index contributed by atoms with van der Waals surface area (Å²) in [5.41, 5.74) is 7.25. The van der Waals surface area contributed by atoms with Crippen molar-refractivity contribution >= 4 is 5.88 Å². The number of rotatable bonds is 1. The van der Waals surface area contributed by atoms with Crippen LogP contribution < -0.4 is 5.73 Å². The van der Waals surface area contributed by atoms with Crippen molar-refractivity contribution in [2.75, 3.05) is 5.73 Å². The van der Waals surface area contributed by atoms with E-state index in [2.05, 4.69) is 10.1 Å². The quantitative estimate of drug-likeness (QED) is 0.749. The molecule has 2 aromatic rings. The van der Waals surface area contributed by atoms with Crippen LogP contribution in [0.5, 0.6) is 0 Å². The van der Waals surface area contributed by atoms with Gasteiger partial charge in [0, 0.05) is 17.3 Å². The van der Waals surface area contributed by atoms with Crippen molar-refractivity contribution in [1.82, 2.24) is 10.1 Å². The topological polar surface area (TPSA) is 64.9 Å². The van der Waals surface area contributed by atoms with Crippen LogP contribution in [0.3, 0.4) is 0 Å². The van der Waals surface area contributed by atoms with Crippen LogP contribution in [0, 0.1) is 12.7 Å². The van der Waals surface area contributed by atoms with Gasteiger partial charge in [-0.15, -0.1) is 0 Å². The maximum atomic E-state index is 12.8. The molecular weight excluding hydrogens is 185 g/mol. The SMILES string of the molecule is Cc1c(-c2cncc(F)c2)noc1N. The molecule has 2 heterocycles. The van der Waals surface area contributed by atoms with Crippen molar-refractivity contribution in [2.24, 2.45) is 0 Å². The van der Waals surface area contributed by atoms with Crippen LogP contribution in [-0.2, 0) is 0 Å². The van der Waals surface area contributed by atoms with Crippen molar-refractivity contribution < 1.29 is 8.91 Å². The lowest BCUT2D eigenvalue weighted by atomic mass is 10.1. The smallest absolute Gasteiger partial charge is 0.225 e. The summed E-state index contributed by atoms with van der Waals surface area (Å²) < 4.78 is 17.6. The molecule has 0 amide bonds. The molecule has 2 N–H and O–H groups in total. The predicted octanol–water partition coefficient (Wildman–Crippen LogP) is 1.77. The van der Waals surface area contributed by atoms with Crippen LogP contribution in [0.25, 0.3) is 11.3 Å². The third-order valence-corrected chi connectivity index (χ3v) is 1.94. The minimum absolute atomic E-state index is 0.240. The molecule has 0 aliphatic carbocycles. The lowest BCUT2D eigenvalue weighted by Crippen LogP contribution is -1.87. The molecule has 14 heavy (non-hydrogen) atoms. The van der Waals surface area contributed by atoms with E-state index in [0.717, 1.165) is 6.20 Å². The van der Waals surface area contributed by atoms with E-state index in [1.165, 1.54) is 12.3 Å². The standard InChI is InChI=1S/C9H8FN3O/c1-5-8(13-14-9(5)11)6-2-7(10)4-12-3-6/h2-4H,11H2,1H3. The molecule has 5 heteroatoms. The number of hydrogen-bond donors (Lipinski definition) is 1. The number of nitrogen functional groups attached to an aromatic ring is 1. The molecule has 0 aliphatic heterocycles. The summed E-state index contributed by atoms with van der Waals surface area (Å²) in [4.78, 5) is 3.71. The highest BCUT2D eigenvalue weighted by Crippen LogP contribution is 2.25. The molecular formula is C9H8FN3O. The van der Waals surface area contributed by atoms with E-state index >= 15 is 0 Å². The molecule has 0 unspecified atom stereocenters. The number of hydrogen-bond acceptors (Lipinski definition) is 4. The summed E-state index contributed by atoms with van der Waals surface area (Å²) in [6, 6.07) is 1.33. The fraction of sp³-hybridized carbons (Fsp3) is 0.111. The van der Waals surface area contributed by atoms with Gasteiger partial charge in [0.2, 0.25) is 5.88 Å². The Bertz CT molecular complexity index is 467. The minimum atomic E-state index is -0.413. The Kier molecular flexibility index (Phi) is 1.92. The Balaban J connectivity index is 2.55. The first-order valence-electron chi connectivity index (χ1n) is 4.01. The van der Waals surface area contributed by atoms with E-state index in [4.69, 9.17) is 10.3 Å². The van der Waals surface area contributed by atoms with Gasteiger partial charge in [0.05, 0.1) is 6.20 Å². The van der Waals surface area contributed by atoms with E-state index in [0.29, 0.717) is 16.8 Å². The van der Waals surface area contributed by atoms with Gasteiger partial charge < -0.3 is 10.3 Å². The van der Waals surface area contributed by atoms with Crippen molar-refractivity contribution in [1.29, 1.82) is 0 Å². The van der Waals surface area contributed by atoms with Gasteiger partial charge >= 0.3 is 0 Å². The fourth-order valence-electron chi connectivity index (χ4n) is 1.16. The number of pyridine rings is 1. The molecule has 0 bridgehead atoms. The van der Waals surface area contributed by atoms with Gasteiger partial charge in [-0.2, -0.15) is 0 Å². The molecule has 72 valence electrons. The monoisotopic (exact) mass is 193 g/mol. The average molecular weight is 193 g/mol. The molecule has 0 aromatic carbocycles. The maximum Gasteiger partial charge on any atom is 0.225 e. The summed E-state index contributed by atoms with van der Waals surface area (Å²) >= 11 is 0. The number of aromatic nitrogens is 2. The summed E-state index contributed by atoms with van der Waals surface area (Å²) in [5.74, 6) is -0.173. The van der Waals surface area contributed by atoms with Crippen LogP contribution in [-0.4, -0.2) is 10.1 Å². The highest BCUT2D eigenvalue weighted by Gasteiger charge is 2.11. The lowest BCUT2D eigenvalue weighted by Gasteiger charge is -1.95. The molecule has 0 radical (unpaired) electrons. The molecule has 0 saturated heterocycles. The van der Waals surface area contributed by atoms with Crippen LogP contribution >= 0.6 is 0 Å². The molecule has 4 nitrogen and oxygen atoms in total. The zero-order valence-corrected chi connectivity index (χ0v) is 7.49. The normalized spacial score (nSPS) is 10.4. The van der Waals surface area contributed by atoms with Crippen LogP contribution in [0.1, 0.15) is 5.56 Å². The first-order chi connectivity index (χ1) is 6.68. The average Bonchev–Trinajstić information content (AvgIpc) is 2.48. The van der Waals surface area contributed by atoms with Gasteiger partial charge in [0.15, 0.2) is 0 Å². The Labute approximate surface area is 79.5 Å². The highest BCUT2D eigenvalue weighted by molar-refractivity contribution is 5.65. The second-order valence-electron chi connectivity index (χ2n) is 2.91. The Morgan fingerprint density at radius 1 is 1.43 bits per heavy atom. The third-order valence-electron chi connectivity index (χ3n) is 1.94. The number of nitrogens with two attached hydrogens (primary N) is 1. The Morgan fingerprint density at radius 2 is 2.21 bits per heavy atom. The predicted molar refractivity (Wildman–Crippen MR) is 48.8 cm³/mol. The Morgan fingerprint density at radius 3 is 2.79 bits per heavy atom. The van der Waals surface area contributed by atoms with E-state index in [1.54, 1.807) is 6.92 Å². The van der Waals surface area contributed by atoms with Gasteiger partial charge in [-0.1, -0.05) is 5.16 Å².